The van der Waals surface area contributed by atoms with Crippen molar-refractivity contribution in [1.29, 1.82) is 0 Å². The van der Waals surface area contributed by atoms with Gasteiger partial charge in [-0.05, 0) is 37.7 Å². The fraction of sp³-hybridized carbons (Fsp3) is 0.588. The highest BCUT2D eigenvalue weighted by Gasteiger charge is 2.57. The first-order valence-corrected chi connectivity index (χ1v) is 9.92. The van der Waals surface area contributed by atoms with Crippen LogP contribution in [0.3, 0.4) is 0 Å². The van der Waals surface area contributed by atoms with E-state index in [2.05, 4.69) is 10.8 Å². The third-order valence-electron chi connectivity index (χ3n) is 5.92. The SMILES string of the molecule is O=C(O)C1CCC1S(=O)(=O)NC[C@@H]1C[C@]12CCOc1ccccc12. The summed E-state index contributed by atoms with van der Waals surface area (Å²) in [5, 5.41) is 8.27. The number of fused-ring (bicyclic) bond motifs is 2. The van der Waals surface area contributed by atoms with Gasteiger partial charge in [0, 0.05) is 17.5 Å². The van der Waals surface area contributed by atoms with Gasteiger partial charge in [0.25, 0.3) is 0 Å². The van der Waals surface area contributed by atoms with Crippen molar-refractivity contribution in [2.45, 2.75) is 36.3 Å². The van der Waals surface area contributed by atoms with E-state index in [1.54, 1.807) is 0 Å². The van der Waals surface area contributed by atoms with E-state index in [1.165, 1.54) is 5.56 Å². The molecule has 0 bridgehead atoms. The summed E-state index contributed by atoms with van der Waals surface area (Å²) < 4.78 is 33.1. The van der Waals surface area contributed by atoms with E-state index in [1.807, 2.05) is 18.2 Å². The van der Waals surface area contributed by atoms with Gasteiger partial charge in [-0.15, -0.1) is 0 Å². The number of aliphatic carboxylic acids is 1. The minimum absolute atomic E-state index is 0.0170. The largest absolute Gasteiger partial charge is 0.493 e. The predicted octanol–water partition coefficient (Wildman–Crippen LogP) is 1.51. The van der Waals surface area contributed by atoms with Crippen molar-refractivity contribution in [3.8, 4) is 5.75 Å². The Morgan fingerprint density at radius 1 is 1.33 bits per heavy atom. The maximum absolute atomic E-state index is 12.4. The second-order valence-electron chi connectivity index (χ2n) is 7.11. The molecule has 1 heterocycles. The minimum atomic E-state index is -3.57. The van der Waals surface area contributed by atoms with Crippen LogP contribution in [-0.2, 0) is 20.2 Å². The number of nitrogens with one attached hydrogen (secondary N) is 1. The summed E-state index contributed by atoms with van der Waals surface area (Å²) in [4.78, 5) is 11.1. The van der Waals surface area contributed by atoms with Crippen LogP contribution in [0.5, 0.6) is 5.75 Å². The van der Waals surface area contributed by atoms with E-state index in [0.29, 0.717) is 26.0 Å². The monoisotopic (exact) mass is 351 g/mol. The van der Waals surface area contributed by atoms with Gasteiger partial charge < -0.3 is 9.84 Å². The molecule has 24 heavy (non-hydrogen) atoms. The summed E-state index contributed by atoms with van der Waals surface area (Å²) in [6.45, 7) is 1.03. The molecule has 0 radical (unpaired) electrons. The summed E-state index contributed by atoms with van der Waals surface area (Å²) in [5.74, 6) is -0.628. The molecule has 7 heteroatoms. The molecule has 2 N–H and O–H groups in total. The van der Waals surface area contributed by atoms with Crippen molar-refractivity contribution >= 4 is 16.0 Å². The molecule has 4 atom stereocenters. The number of ether oxygens (including phenoxy) is 1. The molecule has 130 valence electrons. The average molecular weight is 351 g/mol. The molecule has 2 aliphatic carbocycles. The van der Waals surface area contributed by atoms with Crippen molar-refractivity contribution in [2.75, 3.05) is 13.2 Å². The fourth-order valence-electron chi connectivity index (χ4n) is 4.21. The van der Waals surface area contributed by atoms with E-state index in [-0.39, 0.29) is 11.3 Å². The Morgan fingerprint density at radius 3 is 2.83 bits per heavy atom. The highest BCUT2D eigenvalue weighted by Crippen LogP contribution is 2.60. The maximum Gasteiger partial charge on any atom is 0.307 e. The van der Waals surface area contributed by atoms with Gasteiger partial charge >= 0.3 is 5.97 Å². The van der Waals surface area contributed by atoms with Gasteiger partial charge in [0.15, 0.2) is 0 Å². The van der Waals surface area contributed by atoms with Crippen LogP contribution >= 0.6 is 0 Å². The molecular weight excluding hydrogens is 330 g/mol. The van der Waals surface area contributed by atoms with E-state index < -0.39 is 27.2 Å². The lowest BCUT2D eigenvalue weighted by molar-refractivity contribution is -0.144. The molecule has 0 amide bonds. The third-order valence-corrected chi connectivity index (χ3v) is 7.85. The molecule has 2 saturated carbocycles. The van der Waals surface area contributed by atoms with Crippen LogP contribution in [0.15, 0.2) is 24.3 Å². The van der Waals surface area contributed by atoms with Crippen molar-refractivity contribution in [3.63, 3.8) is 0 Å². The Morgan fingerprint density at radius 2 is 2.12 bits per heavy atom. The third kappa shape index (κ3) is 2.41. The molecule has 2 unspecified atom stereocenters. The Hall–Kier alpha value is -1.60. The summed E-state index contributed by atoms with van der Waals surface area (Å²) in [5.41, 5.74) is 1.19. The lowest BCUT2D eigenvalue weighted by Gasteiger charge is -2.33. The molecule has 1 aromatic carbocycles. The number of para-hydroxylation sites is 1. The quantitative estimate of drug-likeness (QED) is 0.839. The second-order valence-corrected chi connectivity index (χ2v) is 9.09. The first-order chi connectivity index (χ1) is 11.4. The Bertz CT molecular complexity index is 777. The van der Waals surface area contributed by atoms with Crippen molar-refractivity contribution in [1.82, 2.24) is 4.72 Å². The van der Waals surface area contributed by atoms with E-state index in [9.17, 15) is 13.2 Å². The van der Waals surface area contributed by atoms with Crippen LogP contribution in [0.2, 0.25) is 0 Å². The Labute approximate surface area is 141 Å². The first kappa shape index (κ1) is 15.9. The highest BCUT2D eigenvalue weighted by atomic mass is 32.2. The van der Waals surface area contributed by atoms with Gasteiger partial charge in [-0.2, -0.15) is 0 Å². The topological polar surface area (TPSA) is 92.7 Å². The average Bonchev–Trinajstić information content (AvgIpc) is 3.17. The lowest BCUT2D eigenvalue weighted by atomic mass is 9.85. The number of carbonyl (C=O) groups is 1. The molecule has 4 rings (SSSR count). The summed E-state index contributed by atoms with van der Waals surface area (Å²) in [6.07, 6.45) is 2.72. The van der Waals surface area contributed by atoms with Gasteiger partial charge in [-0.3, -0.25) is 4.79 Å². The maximum atomic E-state index is 12.4. The van der Waals surface area contributed by atoms with Crippen LogP contribution in [0.4, 0.5) is 0 Å². The minimum Gasteiger partial charge on any atom is -0.493 e. The number of benzene rings is 1. The van der Waals surface area contributed by atoms with Crippen LogP contribution in [0.25, 0.3) is 0 Å². The van der Waals surface area contributed by atoms with E-state index >= 15 is 0 Å². The molecule has 1 aliphatic heterocycles. The molecule has 0 aromatic heterocycles. The summed E-state index contributed by atoms with van der Waals surface area (Å²) >= 11 is 0. The standard InChI is InChI=1S/C17H21NO5S/c19-16(20)12-5-6-15(12)24(21,22)18-10-11-9-17(11)7-8-23-14-4-2-1-3-13(14)17/h1-4,11-12,15,18H,5-10H2,(H,19,20)/t11-,12?,15?,17+/m0/s1. The number of hydrogen-bond acceptors (Lipinski definition) is 4. The van der Waals surface area contributed by atoms with Crippen LogP contribution in [-0.4, -0.2) is 37.9 Å². The zero-order chi connectivity index (χ0) is 16.9. The van der Waals surface area contributed by atoms with Crippen molar-refractivity contribution < 1.29 is 23.1 Å². The van der Waals surface area contributed by atoms with Gasteiger partial charge in [0.05, 0.1) is 17.8 Å². The van der Waals surface area contributed by atoms with E-state index in [0.717, 1.165) is 18.6 Å². The molecule has 1 aromatic rings. The molecule has 2 fully saturated rings. The Kier molecular flexibility index (Phi) is 3.61. The summed E-state index contributed by atoms with van der Waals surface area (Å²) in [6, 6.07) is 7.96. The second kappa shape index (κ2) is 5.46. The zero-order valence-corrected chi connectivity index (χ0v) is 14.1. The molecule has 1 spiro atoms. The molecular formula is C17H21NO5S. The lowest BCUT2D eigenvalue weighted by Crippen LogP contribution is -2.48. The predicted molar refractivity (Wildman–Crippen MR) is 87.4 cm³/mol. The number of hydrogen-bond donors (Lipinski definition) is 2. The van der Waals surface area contributed by atoms with E-state index in [4.69, 9.17) is 9.84 Å². The number of carboxylic acid groups (broad SMARTS) is 1. The van der Waals surface area contributed by atoms with Crippen molar-refractivity contribution in [2.24, 2.45) is 11.8 Å². The Balaban J connectivity index is 1.43. The highest BCUT2D eigenvalue weighted by molar-refractivity contribution is 7.90. The summed E-state index contributed by atoms with van der Waals surface area (Å²) in [7, 11) is -3.57. The zero-order valence-electron chi connectivity index (χ0n) is 13.3. The fourth-order valence-corrected chi connectivity index (χ4v) is 5.99. The van der Waals surface area contributed by atoms with Gasteiger partial charge in [-0.25, -0.2) is 13.1 Å². The van der Waals surface area contributed by atoms with Crippen LogP contribution < -0.4 is 9.46 Å². The van der Waals surface area contributed by atoms with Gasteiger partial charge in [0.2, 0.25) is 10.0 Å². The van der Waals surface area contributed by atoms with Crippen molar-refractivity contribution in [3.05, 3.63) is 29.8 Å². The normalized spacial score (nSPS) is 34.1. The van der Waals surface area contributed by atoms with Gasteiger partial charge in [-0.1, -0.05) is 18.2 Å². The number of carboxylic acids is 1. The number of rotatable bonds is 5. The molecule has 3 aliphatic rings. The number of sulfonamides is 1. The van der Waals surface area contributed by atoms with Gasteiger partial charge in [0.1, 0.15) is 5.75 Å². The van der Waals surface area contributed by atoms with Crippen LogP contribution in [0, 0.1) is 11.8 Å². The van der Waals surface area contributed by atoms with Crippen LogP contribution in [0.1, 0.15) is 31.2 Å². The molecule has 0 saturated heterocycles. The first-order valence-electron chi connectivity index (χ1n) is 8.38. The smallest absolute Gasteiger partial charge is 0.307 e. The molecule has 6 nitrogen and oxygen atoms in total.